The van der Waals surface area contributed by atoms with Crippen LogP contribution in [0, 0.1) is 11.6 Å². The zero-order chi connectivity index (χ0) is 22.1. The lowest BCUT2D eigenvalue weighted by Gasteiger charge is -2.16. The van der Waals surface area contributed by atoms with Crippen LogP contribution in [0.5, 0.6) is 0 Å². The zero-order valence-electron chi connectivity index (χ0n) is 15.6. The third kappa shape index (κ3) is 4.88. The number of aromatic nitrogens is 4. The summed E-state index contributed by atoms with van der Waals surface area (Å²) in [6.45, 7) is 0.826. The maximum atomic E-state index is 13.3. The second kappa shape index (κ2) is 8.05. The molecule has 0 saturated carbocycles. The first kappa shape index (κ1) is 21.1. The standard InChI is InChI=1S/C18H15F5N6O/c1-9(18(21,22)23)25-16(30)15-8-14(28-29(15)2)13-3-4-24-17(27-13)26-12-6-10(19)5-11(20)7-12/h3-9H,1-2H3,(H,25,30)(H,24,26,27)/t9-/m0/s1. The highest BCUT2D eigenvalue weighted by atomic mass is 19.4. The van der Waals surface area contributed by atoms with Gasteiger partial charge in [0.15, 0.2) is 0 Å². The molecule has 0 unspecified atom stereocenters. The first-order valence-corrected chi connectivity index (χ1v) is 8.51. The Balaban J connectivity index is 1.82. The molecule has 0 spiro atoms. The van der Waals surface area contributed by atoms with Crippen LogP contribution >= 0.6 is 0 Å². The summed E-state index contributed by atoms with van der Waals surface area (Å²) >= 11 is 0. The topological polar surface area (TPSA) is 84.7 Å². The van der Waals surface area contributed by atoms with Crippen molar-refractivity contribution in [2.45, 2.75) is 19.1 Å². The minimum absolute atomic E-state index is 0.000141. The van der Waals surface area contributed by atoms with E-state index in [-0.39, 0.29) is 28.7 Å². The second-order valence-electron chi connectivity index (χ2n) is 6.32. The maximum absolute atomic E-state index is 13.3. The van der Waals surface area contributed by atoms with Gasteiger partial charge in [0.2, 0.25) is 5.95 Å². The summed E-state index contributed by atoms with van der Waals surface area (Å²) in [5.41, 5.74) is 0.398. The number of halogens is 5. The van der Waals surface area contributed by atoms with Crippen molar-refractivity contribution in [1.29, 1.82) is 0 Å². The summed E-state index contributed by atoms with van der Waals surface area (Å²) in [4.78, 5) is 20.3. The second-order valence-corrected chi connectivity index (χ2v) is 6.32. The lowest BCUT2D eigenvalue weighted by molar-refractivity contribution is -0.149. The molecule has 1 amide bonds. The van der Waals surface area contributed by atoms with Gasteiger partial charge < -0.3 is 10.6 Å². The molecule has 30 heavy (non-hydrogen) atoms. The first-order chi connectivity index (χ1) is 14.0. The molecule has 1 aromatic carbocycles. The van der Waals surface area contributed by atoms with Gasteiger partial charge in [0.25, 0.3) is 5.91 Å². The van der Waals surface area contributed by atoms with Crippen molar-refractivity contribution >= 4 is 17.5 Å². The summed E-state index contributed by atoms with van der Waals surface area (Å²) in [6.07, 6.45) is -3.23. The Morgan fingerprint density at radius 3 is 2.40 bits per heavy atom. The SMILES string of the molecule is C[C@H](NC(=O)c1cc(-c2ccnc(Nc3cc(F)cc(F)c3)n2)nn1C)C(F)(F)F. The Morgan fingerprint density at radius 1 is 1.10 bits per heavy atom. The molecule has 2 N–H and O–H groups in total. The van der Waals surface area contributed by atoms with Gasteiger partial charge in [0.05, 0.1) is 5.69 Å². The Hall–Kier alpha value is -3.57. The smallest absolute Gasteiger partial charge is 0.339 e. The molecule has 0 radical (unpaired) electrons. The Labute approximate surface area is 167 Å². The average molecular weight is 426 g/mol. The van der Waals surface area contributed by atoms with Crippen molar-refractivity contribution in [2.24, 2.45) is 7.05 Å². The van der Waals surface area contributed by atoms with Crippen LogP contribution in [-0.2, 0) is 7.05 Å². The number of nitrogens with zero attached hydrogens (tertiary/aromatic N) is 4. The molecule has 2 heterocycles. The molecule has 3 rings (SSSR count). The number of aryl methyl sites for hydroxylation is 1. The molecular formula is C18H15F5N6O. The minimum atomic E-state index is -4.58. The van der Waals surface area contributed by atoms with E-state index in [9.17, 15) is 26.7 Å². The van der Waals surface area contributed by atoms with E-state index in [2.05, 4.69) is 20.4 Å². The monoisotopic (exact) mass is 426 g/mol. The largest absolute Gasteiger partial charge is 0.408 e. The maximum Gasteiger partial charge on any atom is 0.408 e. The number of hydrogen-bond donors (Lipinski definition) is 2. The molecule has 0 aliphatic rings. The summed E-state index contributed by atoms with van der Waals surface area (Å²) in [7, 11) is 1.40. The van der Waals surface area contributed by atoms with E-state index in [4.69, 9.17) is 0 Å². The fourth-order valence-corrected chi connectivity index (χ4v) is 2.47. The van der Waals surface area contributed by atoms with Crippen molar-refractivity contribution < 1.29 is 26.7 Å². The first-order valence-electron chi connectivity index (χ1n) is 8.51. The van der Waals surface area contributed by atoms with Crippen molar-refractivity contribution in [3.05, 3.63) is 53.9 Å². The number of benzene rings is 1. The highest BCUT2D eigenvalue weighted by Crippen LogP contribution is 2.22. The lowest BCUT2D eigenvalue weighted by Crippen LogP contribution is -2.43. The van der Waals surface area contributed by atoms with Crippen molar-refractivity contribution in [3.8, 4) is 11.4 Å². The van der Waals surface area contributed by atoms with Gasteiger partial charge in [0.1, 0.15) is 29.1 Å². The molecule has 0 aliphatic heterocycles. The van der Waals surface area contributed by atoms with E-state index in [1.165, 1.54) is 25.4 Å². The number of amides is 1. The van der Waals surface area contributed by atoms with Gasteiger partial charge in [-0.15, -0.1) is 0 Å². The molecule has 1 atom stereocenters. The van der Waals surface area contributed by atoms with Gasteiger partial charge in [-0.05, 0) is 31.2 Å². The van der Waals surface area contributed by atoms with E-state index in [0.717, 1.165) is 23.7 Å². The number of alkyl halides is 3. The zero-order valence-corrected chi connectivity index (χ0v) is 15.6. The third-order valence-corrected chi connectivity index (χ3v) is 3.99. The van der Waals surface area contributed by atoms with Crippen LogP contribution in [-0.4, -0.2) is 37.9 Å². The molecule has 3 aromatic rings. The van der Waals surface area contributed by atoms with Crippen LogP contribution in [0.15, 0.2) is 36.5 Å². The molecule has 7 nitrogen and oxygen atoms in total. The number of nitrogens with one attached hydrogen (secondary N) is 2. The molecular weight excluding hydrogens is 411 g/mol. The quantitative estimate of drug-likeness (QED) is 0.610. The van der Waals surface area contributed by atoms with E-state index in [1.54, 1.807) is 0 Å². The van der Waals surface area contributed by atoms with Crippen LogP contribution in [0.2, 0.25) is 0 Å². The summed E-state index contributed by atoms with van der Waals surface area (Å²) in [5.74, 6) is -2.53. The number of carbonyl (C=O) groups is 1. The summed E-state index contributed by atoms with van der Waals surface area (Å²) < 4.78 is 65.7. The van der Waals surface area contributed by atoms with E-state index >= 15 is 0 Å². The lowest BCUT2D eigenvalue weighted by atomic mass is 10.2. The molecule has 0 fully saturated rings. The van der Waals surface area contributed by atoms with Crippen LogP contribution in [0.1, 0.15) is 17.4 Å². The average Bonchev–Trinajstić information content (AvgIpc) is 3.02. The highest BCUT2D eigenvalue weighted by molar-refractivity contribution is 5.93. The Morgan fingerprint density at radius 2 is 1.77 bits per heavy atom. The van der Waals surface area contributed by atoms with Gasteiger partial charge in [0, 0.05) is 25.0 Å². The van der Waals surface area contributed by atoms with Crippen LogP contribution < -0.4 is 10.6 Å². The van der Waals surface area contributed by atoms with E-state index in [0.29, 0.717) is 6.07 Å². The number of anilines is 2. The Kier molecular flexibility index (Phi) is 5.67. The summed E-state index contributed by atoms with van der Waals surface area (Å²) in [6, 6.07) is 3.49. The normalized spacial score (nSPS) is 12.5. The van der Waals surface area contributed by atoms with E-state index in [1.807, 2.05) is 5.32 Å². The van der Waals surface area contributed by atoms with Gasteiger partial charge in [-0.1, -0.05) is 0 Å². The van der Waals surface area contributed by atoms with Gasteiger partial charge >= 0.3 is 6.18 Å². The van der Waals surface area contributed by atoms with Gasteiger partial charge in [-0.3, -0.25) is 9.48 Å². The molecule has 0 bridgehead atoms. The highest BCUT2D eigenvalue weighted by Gasteiger charge is 2.37. The van der Waals surface area contributed by atoms with Crippen LogP contribution in [0.4, 0.5) is 33.6 Å². The number of carbonyl (C=O) groups excluding carboxylic acids is 1. The molecule has 0 aliphatic carbocycles. The molecule has 12 heteroatoms. The van der Waals surface area contributed by atoms with Crippen molar-refractivity contribution in [1.82, 2.24) is 25.1 Å². The van der Waals surface area contributed by atoms with E-state index < -0.39 is 29.8 Å². The molecule has 2 aromatic heterocycles. The summed E-state index contributed by atoms with van der Waals surface area (Å²) in [5, 5.41) is 8.58. The van der Waals surface area contributed by atoms with Crippen molar-refractivity contribution in [3.63, 3.8) is 0 Å². The van der Waals surface area contributed by atoms with Gasteiger partial charge in [-0.2, -0.15) is 18.3 Å². The minimum Gasteiger partial charge on any atom is -0.339 e. The van der Waals surface area contributed by atoms with Gasteiger partial charge in [-0.25, -0.2) is 18.7 Å². The number of rotatable bonds is 5. The Bertz CT molecular complexity index is 1060. The fraction of sp³-hybridized carbons (Fsp3) is 0.222. The van der Waals surface area contributed by atoms with Crippen LogP contribution in [0.3, 0.4) is 0 Å². The fourth-order valence-electron chi connectivity index (χ4n) is 2.47. The van der Waals surface area contributed by atoms with Crippen LogP contribution in [0.25, 0.3) is 11.4 Å². The predicted molar refractivity (Wildman–Crippen MR) is 96.9 cm³/mol. The molecule has 158 valence electrons. The third-order valence-electron chi connectivity index (χ3n) is 3.99. The number of hydrogen-bond acceptors (Lipinski definition) is 5. The molecule has 0 saturated heterocycles. The van der Waals surface area contributed by atoms with Crippen molar-refractivity contribution in [2.75, 3.05) is 5.32 Å². The predicted octanol–water partition coefficient (Wildman–Crippen LogP) is 3.58.